The van der Waals surface area contributed by atoms with Crippen LogP contribution in [-0.2, 0) is 11.2 Å². The Balaban J connectivity index is 0.00000118. The highest BCUT2D eigenvalue weighted by molar-refractivity contribution is 5.74. The molecule has 1 aliphatic heterocycles. The predicted molar refractivity (Wildman–Crippen MR) is 172 cm³/mol. The van der Waals surface area contributed by atoms with Gasteiger partial charge in [-0.3, -0.25) is 4.90 Å². The SMILES string of the molecule is C.CC.CC.COc1cc(Nc2ncnc(Nc3cccc4c3C=CCC4)n2)cc(OC)c1OCCN1CCOCC1. The molecule has 1 fully saturated rings. The van der Waals surface area contributed by atoms with Crippen LogP contribution >= 0.6 is 0 Å². The first-order valence-corrected chi connectivity index (χ1v) is 14.4. The van der Waals surface area contributed by atoms with E-state index in [1.54, 1.807) is 14.2 Å². The number of aryl methyl sites for hydroxylation is 1. The van der Waals surface area contributed by atoms with Gasteiger partial charge in [0, 0.05) is 48.7 Å². The van der Waals surface area contributed by atoms with E-state index < -0.39 is 0 Å². The van der Waals surface area contributed by atoms with Crippen LogP contribution in [0.3, 0.4) is 0 Å². The molecule has 2 aromatic carbocycles. The van der Waals surface area contributed by atoms with Crippen molar-refractivity contribution in [2.24, 2.45) is 0 Å². The summed E-state index contributed by atoms with van der Waals surface area (Å²) in [4.78, 5) is 15.4. The fraction of sp³-hybridized carbons (Fsp3) is 0.469. The van der Waals surface area contributed by atoms with Gasteiger partial charge < -0.3 is 29.6 Å². The number of methoxy groups -OCH3 is 2. The first-order chi connectivity index (χ1) is 20.2. The molecule has 1 aromatic heterocycles. The van der Waals surface area contributed by atoms with Crippen molar-refractivity contribution in [3.8, 4) is 17.2 Å². The number of anilines is 4. The number of nitrogens with one attached hydrogen (secondary N) is 2. The van der Waals surface area contributed by atoms with Crippen molar-refractivity contribution in [1.29, 1.82) is 0 Å². The molecule has 0 radical (unpaired) electrons. The molecule has 0 saturated carbocycles. The molecule has 0 bridgehead atoms. The summed E-state index contributed by atoms with van der Waals surface area (Å²) in [7, 11) is 3.21. The van der Waals surface area contributed by atoms with Crippen LogP contribution in [0.1, 0.15) is 52.7 Å². The largest absolute Gasteiger partial charge is 0.493 e. The maximum Gasteiger partial charge on any atom is 0.232 e. The normalized spacial score (nSPS) is 13.6. The molecule has 1 saturated heterocycles. The molecule has 1 aliphatic carbocycles. The van der Waals surface area contributed by atoms with Gasteiger partial charge in [0.15, 0.2) is 11.5 Å². The van der Waals surface area contributed by atoms with Crippen LogP contribution in [0.4, 0.5) is 23.3 Å². The molecule has 10 heteroatoms. The summed E-state index contributed by atoms with van der Waals surface area (Å²) < 4.78 is 22.7. The Bertz CT molecular complexity index is 1220. The van der Waals surface area contributed by atoms with Gasteiger partial charge in [-0.1, -0.05) is 59.4 Å². The molecule has 2 N–H and O–H groups in total. The van der Waals surface area contributed by atoms with Crippen molar-refractivity contribution in [1.82, 2.24) is 19.9 Å². The molecule has 42 heavy (non-hydrogen) atoms. The monoisotopic (exact) mass is 580 g/mol. The zero-order valence-electron chi connectivity index (χ0n) is 25.2. The first kappa shape index (κ1) is 34.3. The third kappa shape index (κ3) is 9.32. The Labute approximate surface area is 251 Å². The summed E-state index contributed by atoms with van der Waals surface area (Å²) in [5, 5.41) is 6.55. The van der Waals surface area contributed by atoms with Crippen molar-refractivity contribution >= 4 is 29.3 Å². The Morgan fingerprint density at radius 3 is 2.26 bits per heavy atom. The summed E-state index contributed by atoms with van der Waals surface area (Å²) in [6, 6.07) is 9.90. The molecular formula is C32H48N6O4. The number of benzene rings is 2. The number of hydrogen-bond donors (Lipinski definition) is 2. The van der Waals surface area contributed by atoms with E-state index in [1.165, 1.54) is 17.5 Å². The fourth-order valence-electron chi connectivity index (χ4n) is 4.44. The molecular weight excluding hydrogens is 532 g/mol. The lowest BCUT2D eigenvalue weighted by Crippen LogP contribution is -2.38. The summed E-state index contributed by atoms with van der Waals surface area (Å²) >= 11 is 0. The second-order valence-corrected chi connectivity index (χ2v) is 8.71. The molecule has 0 amide bonds. The highest BCUT2D eigenvalue weighted by Gasteiger charge is 2.17. The minimum absolute atomic E-state index is 0. The number of aromatic nitrogens is 3. The van der Waals surface area contributed by atoms with Gasteiger partial charge >= 0.3 is 0 Å². The van der Waals surface area contributed by atoms with E-state index in [0.717, 1.165) is 51.4 Å². The highest BCUT2D eigenvalue weighted by Crippen LogP contribution is 2.41. The van der Waals surface area contributed by atoms with E-state index in [4.69, 9.17) is 18.9 Å². The number of ether oxygens (including phenoxy) is 4. The summed E-state index contributed by atoms with van der Waals surface area (Å²) in [6.07, 6.45) is 7.89. The standard InChI is InChI=1S/C27H32N6O4.2C2H6.CH4/c1-34-23-16-20(17-24(35-2)25(23)37-15-12-33-10-13-36-14-11-33)30-26-28-18-29-27(32-26)31-22-9-5-7-19-6-3-4-8-21(19)22;2*1-2;/h4-5,7-9,16-18H,3,6,10-15H2,1-2H3,(H2,28,29,30,31,32);2*1-2H3;1H4. The Kier molecular flexibility index (Phi) is 15.1. The Morgan fingerprint density at radius 2 is 1.60 bits per heavy atom. The molecule has 10 nitrogen and oxygen atoms in total. The third-order valence-electron chi connectivity index (χ3n) is 6.35. The number of fused-ring (bicyclic) bond motifs is 1. The van der Waals surface area contributed by atoms with Crippen molar-refractivity contribution in [3.05, 3.63) is 53.9 Å². The van der Waals surface area contributed by atoms with Gasteiger partial charge in [-0.15, -0.1) is 0 Å². The molecule has 0 spiro atoms. The van der Waals surface area contributed by atoms with E-state index in [1.807, 2.05) is 52.0 Å². The van der Waals surface area contributed by atoms with Crippen molar-refractivity contribution in [2.75, 3.05) is 64.3 Å². The summed E-state index contributed by atoms with van der Waals surface area (Å²) in [6.45, 7) is 12.6. The van der Waals surface area contributed by atoms with Gasteiger partial charge in [-0.05, 0) is 24.5 Å². The fourth-order valence-corrected chi connectivity index (χ4v) is 4.44. The lowest BCUT2D eigenvalue weighted by atomic mass is 9.96. The van der Waals surface area contributed by atoms with Gasteiger partial charge in [0.2, 0.25) is 17.6 Å². The van der Waals surface area contributed by atoms with Crippen LogP contribution in [0.15, 0.2) is 42.7 Å². The quantitative estimate of drug-likeness (QED) is 0.268. The van der Waals surface area contributed by atoms with Crippen LogP contribution < -0.4 is 24.8 Å². The number of rotatable bonds is 10. The maximum absolute atomic E-state index is 6.07. The molecule has 2 aliphatic rings. The van der Waals surface area contributed by atoms with Gasteiger partial charge in [0.25, 0.3) is 0 Å². The lowest BCUT2D eigenvalue weighted by Gasteiger charge is -2.26. The third-order valence-corrected chi connectivity index (χ3v) is 6.35. The topological polar surface area (TPSA) is 103 Å². The molecule has 230 valence electrons. The van der Waals surface area contributed by atoms with E-state index in [-0.39, 0.29) is 7.43 Å². The maximum atomic E-state index is 6.07. The number of hydrogen-bond acceptors (Lipinski definition) is 10. The minimum Gasteiger partial charge on any atom is -0.493 e. The second-order valence-electron chi connectivity index (χ2n) is 8.71. The molecule has 0 atom stereocenters. The van der Waals surface area contributed by atoms with Crippen molar-refractivity contribution in [2.45, 2.75) is 48.0 Å². The highest BCUT2D eigenvalue weighted by atomic mass is 16.5. The second kappa shape index (κ2) is 18.5. The minimum atomic E-state index is 0. The average Bonchev–Trinajstić information content (AvgIpc) is 3.04. The molecule has 0 unspecified atom stereocenters. The Morgan fingerprint density at radius 1 is 0.929 bits per heavy atom. The first-order valence-electron chi connectivity index (χ1n) is 14.4. The molecule has 5 rings (SSSR count). The van der Waals surface area contributed by atoms with E-state index in [9.17, 15) is 0 Å². The lowest BCUT2D eigenvalue weighted by molar-refractivity contribution is 0.0319. The zero-order valence-corrected chi connectivity index (χ0v) is 25.2. The van der Waals surface area contributed by atoms with Crippen LogP contribution in [0.2, 0.25) is 0 Å². The van der Waals surface area contributed by atoms with Crippen LogP contribution in [0, 0.1) is 0 Å². The summed E-state index contributed by atoms with van der Waals surface area (Å²) in [5.41, 5.74) is 4.15. The molecule has 3 aromatic rings. The molecule has 2 heterocycles. The predicted octanol–water partition coefficient (Wildman–Crippen LogP) is 6.73. The van der Waals surface area contributed by atoms with Gasteiger partial charge in [0.05, 0.1) is 27.4 Å². The zero-order chi connectivity index (χ0) is 29.5. The van der Waals surface area contributed by atoms with Crippen LogP contribution in [0.5, 0.6) is 17.2 Å². The van der Waals surface area contributed by atoms with E-state index in [0.29, 0.717) is 41.4 Å². The Hall–Kier alpha value is -3.89. The number of nitrogens with zero attached hydrogens (tertiary/aromatic N) is 4. The number of morpholine rings is 1. The van der Waals surface area contributed by atoms with Crippen molar-refractivity contribution < 1.29 is 18.9 Å². The average molecular weight is 581 g/mol. The number of allylic oxidation sites excluding steroid dienone is 1. The van der Waals surface area contributed by atoms with Gasteiger partial charge in [0.1, 0.15) is 12.9 Å². The van der Waals surface area contributed by atoms with Gasteiger partial charge in [-0.2, -0.15) is 4.98 Å². The van der Waals surface area contributed by atoms with Crippen LogP contribution in [0.25, 0.3) is 6.08 Å². The van der Waals surface area contributed by atoms with E-state index in [2.05, 4.69) is 48.7 Å². The summed E-state index contributed by atoms with van der Waals surface area (Å²) in [5.74, 6) is 2.51. The van der Waals surface area contributed by atoms with Crippen molar-refractivity contribution in [3.63, 3.8) is 0 Å². The van der Waals surface area contributed by atoms with Crippen LogP contribution in [-0.4, -0.2) is 73.5 Å². The van der Waals surface area contributed by atoms with Gasteiger partial charge in [-0.25, -0.2) is 9.97 Å². The smallest absolute Gasteiger partial charge is 0.232 e. The van der Waals surface area contributed by atoms with E-state index >= 15 is 0 Å².